The van der Waals surface area contributed by atoms with Crippen molar-refractivity contribution in [3.05, 3.63) is 51.8 Å². The minimum atomic E-state index is -4.02. The van der Waals surface area contributed by atoms with Crippen LogP contribution in [0.4, 0.5) is 4.79 Å². The molecule has 10 nitrogen and oxygen atoms in total. The van der Waals surface area contributed by atoms with E-state index in [0.717, 1.165) is 27.8 Å². The van der Waals surface area contributed by atoms with Gasteiger partial charge in [0.25, 0.3) is 11.1 Å². The van der Waals surface area contributed by atoms with Crippen LogP contribution in [0.2, 0.25) is 0 Å². The molecule has 0 bridgehead atoms. The Morgan fingerprint density at radius 2 is 1.88 bits per heavy atom. The Bertz CT molecular complexity index is 1200. The van der Waals surface area contributed by atoms with Gasteiger partial charge in [-0.25, -0.2) is 8.42 Å². The van der Waals surface area contributed by atoms with Gasteiger partial charge in [-0.15, -0.1) is 0 Å². The number of benzene rings is 1. The number of hydrogen-bond donors (Lipinski definition) is 2. The number of amides is 3. The smallest absolute Gasteiger partial charge is 0.293 e. The van der Waals surface area contributed by atoms with E-state index in [4.69, 9.17) is 4.52 Å². The molecule has 0 spiro atoms. The van der Waals surface area contributed by atoms with Gasteiger partial charge in [-0.1, -0.05) is 35.0 Å². The van der Waals surface area contributed by atoms with Gasteiger partial charge in [-0.2, -0.15) is 4.72 Å². The van der Waals surface area contributed by atoms with E-state index < -0.39 is 33.1 Å². The Kier molecular flexibility index (Phi) is 7.40. The Hall–Kier alpha value is -2.96. The summed E-state index contributed by atoms with van der Waals surface area (Å²) in [5.41, 5.74) is 2.07. The number of thioether (sulfide) groups is 1. The highest BCUT2D eigenvalue weighted by atomic mass is 32.2. The highest BCUT2D eigenvalue weighted by molar-refractivity contribution is 8.18. The fourth-order valence-corrected chi connectivity index (χ4v) is 5.55. The third-order valence-corrected chi connectivity index (χ3v) is 7.54. The predicted octanol–water partition coefficient (Wildman–Crippen LogP) is 2.12. The second-order valence-electron chi connectivity index (χ2n) is 7.53. The number of carbonyl (C=O) groups is 3. The summed E-state index contributed by atoms with van der Waals surface area (Å²) in [4.78, 5) is 38.4. The molecule has 1 atom stereocenters. The topological polar surface area (TPSA) is 139 Å². The zero-order valence-corrected chi connectivity index (χ0v) is 20.2. The summed E-state index contributed by atoms with van der Waals surface area (Å²) in [6.07, 6.45) is 1.65. The predicted molar refractivity (Wildman–Crippen MR) is 123 cm³/mol. The lowest BCUT2D eigenvalue weighted by molar-refractivity contribution is -0.124. The number of nitrogens with zero attached hydrogens (tertiary/aromatic N) is 2. The summed E-state index contributed by atoms with van der Waals surface area (Å²) in [7, 11) is -4.02. The first-order valence-electron chi connectivity index (χ1n) is 10.0. The van der Waals surface area contributed by atoms with Gasteiger partial charge in [-0.3, -0.25) is 19.3 Å². The van der Waals surface area contributed by atoms with Crippen LogP contribution in [0, 0.1) is 20.8 Å². The highest BCUT2D eigenvalue weighted by Gasteiger charge is 2.35. The van der Waals surface area contributed by atoms with Crippen molar-refractivity contribution < 1.29 is 27.3 Å². The lowest BCUT2D eigenvalue weighted by Gasteiger charge is -2.16. The summed E-state index contributed by atoms with van der Waals surface area (Å²) in [6, 6.07) is 6.43. The van der Waals surface area contributed by atoms with Crippen molar-refractivity contribution in [3.63, 3.8) is 0 Å². The van der Waals surface area contributed by atoms with Gasteiger partial charge in [0, 0.05) is 13.1 Å². The minimum absolute atomic E-state index is 0.0218. The summed E-state index contributed by atoms with van der Waals surface area (Å²) >= 11 is 0.834. The van der Waals surface area contributed by atoms with Crippen LogP contribution in [0.3, 0.4) is 0 Å². The fraction of sp³-hybridized carbons (Fsp3) is 0.333. The number of imide groups is 1. The van der Waals surface area contributed by atoms with Crippen LogP contribution >= 0.6 is 11.8 Å². The summed E-state index contributed by atoms with van der Waals surface area (Å²) in [5.74, 6) is -0.926. The van der Waals surface area contributed by atoms with Crippen molar-refractivity contribution in [2.75, 3.05) is 13.1 Å². The molecule has 2 N–H and O–H groups in total. The van der Waals surface area contributed by atoms with Gasteiger partial charge in [0.2, 0.25) is 15.9 Å². The molecule has 2 heterocycles. The monoisotopic (exact) mass is 492 g/mol. The van der Waals surface area contributed by atoms with E-state index in [-0.39, 0.29) is 29.4 Å². The SMILES string of the molecule is Cc1ccc(/C=C2\SC(=O)N(CCNC(=O)[C@H](C)NS(=O)(=O)c3c(C)noc3C)C2=O)cc1. The third-order valence-electron chi connectivity index (χ3n) is 4.85. The quantitative estimate of drug-likeness (QED) is 0.534. The number of nitrogens with one attached hydrogen (secondary N) is 2. The van der Waals surface area contributed by atoms with Crippen LogP contribution in [-0.2, 0) is 19.6 Å². The molecule has 3 amide bonds. The first-order chi connectivity index (χ1) is 15.5. The molecular formula is C21H24N4O6S2. The molecule has 1 saturated heterocycles. The second-order valence-corrected chi connectivity index (χ2v) is 10.2. The maximum atomic E-state index is 12.6. The van der Waals surface area contributed by atoms with Gasteiger partial charge in [-0.05, 0) is 51.1 Å². The fourth-order valence-electron chi connectivity index (χ4n) is 3.15. The van der Waals surface area contributed by atoms with E-state index in [1.165, 1.54) is 20.8 Å². The molecule has 12 heteroatoms. The van der Waals surface area contributed by atoms with Crippen LogP contribution in [0.1, 0.15) is 29.5 Å². The Labute approximate surface area is 195 Å². The molecule has 1 aliphatic heterocycles. The number of rotatable bonds is 8. The molecule has 0 unspecified atom stereocenters. The van der Waals surface area contributed by atoms with Crippen molar-refractivity contribution in [2.24, 2.45) is 0 Å². The Morgan fingerprint density at radius 3 is 2.48 bits per heavy atom. The molecule has 0 radical (unpaired) electrons. The Morgan fingerprint density at radius 1 is 1.21 bits per heavy atom. The lowest BCUT2D eigenvalue weighted by atomic mass is 10.1. The van der Waals surface area contributed by atoms with Crippen molar-refractivity contribution in [1.82, 2.24) is 20.1 Å². The molecule has 1 aromatic heterocycles. The van der Waals surface area contributed by atoms with E-state index in [9.17, 15) is 22.8 Å². The minimum Gasteiger partial charge on any atom is -0.360 e. The molecule has 1 fully saturated rings. The third kappa shape index (κ3) is 5.70. The molecule has 3 rings (SSSR count). The van der Waals surface area contributed by atoms with E-state index in [2.05, 4.69) is 15.2 Å². The van der Waals surface area contributed by atoms with Crippen LogP contribution in [0.5, 0.6) is 0 Å². The second kappa shape index (κ2) is 9.89. The summed E-state index contributed by atoms with van der Waals surface area (Å²) in [5, 5.41) is 5.72. The molecule has 0 aliphatic carbocycles. The van der Waals surface area contributed by atoms with E-state index in [1.54, 1.807) is 6.08 Å². The van der Waals surface area contributed by atoms with Gasteiger partial charge in [0.05, 0.1) is 10.9 Å². The van der Waals surface area contributed by atoms with E-state index in [1.807, 2.05) is 31.2 Å². The van der Waals surface area contributed by atoms with Crippen molar-refractivity contribution in [3.8, 4) is 0 Å². The Balaban J connectivity index is 1.55. The molecule has 33 heavy (non-hydrogen) atoms. The van der Waals surface area contributed by atoms with Crippen molar-refractivity contribution in [1.29, 1.82) is 0 Å². The van der Waals surface area contributed by atoms with E-state index >= 15 is 0 Å². The van der Waals surface area contributed by atoms with Crippen LogP contribution in [0.25, 0.3) is 6.08 Å². The summed E-state index contributed by atoms with van der Waals surface area (Å²) < 4.78 is 32.2. The lowest BCUT2D eigenvalue weighted by Crippen LogP contribution is -2.47. The average molecular weight is 493 g/mol. The standard InChI is InChI=1S/C21H24N4O6S2/c1-12-5-7-16(8-6-12)11-17-20(27)25(21(28)32-17)10-9-22-19(26)14(3)24-33(29,30)18-13(2)23-31-15(18)4/h5-8,11,14,24H,9-10H2,1-4H3,(H,22,26)/b17-11-/t14-/m0/s1. The molecule has 1 aliphatic rings. The van der Waals surface area contributed by atoms with E-state index in [0.29, 0.717) is 4.91 Å². The number of carbonyl (C=O) groups excluding carboxylic acids is 3. The molecule has 176 valence electrons. The largest absolute Gasteiger partial charge is 0.360 e. The number of sulfonamides is 1. The van der Waals surface area contributed by atoms with Gasteiger partial charge in [0.1, 0.15) is 10.6 Å². The van der Waals surface area contributed by atoms with Crippen LogP contribution < -0.4 is 10.0 Å². The molecule has 0 saturated carbocycles. The zero-order chi connectivity index (χ0) is 24.3. The molecule has 2 aromatic rings. The first-order valence-corrected chi connectivity index (χ1v) is 12.3. The van der Waals surface area contributed by atoms with Gasteiger partial charge >= 0.3 is 0 Å². The molecule has 1 aromatic carbocycles. The van der Waals surface area contributed by atoms with Crippen molar-refractivity contribution >= 4 is 44.9 Å². The maximum absolute atomic E-state index is 12.6. The maximum Gasteiger partial charge on any atom is 0.293 e. The number of hydrogen-bond acceptors (Lipinski definition) is 8. The zero-order valence-electron chi connectivity index (χ0n) is 18.5. The number of aromatic nitrogens is 1. The normalized spacial score (nSPS) is 16.5. The summed E-state index contributed by atoms with van der Waals surface area (Å²) in [6.45, 7) is 6.23. The van der Waals surface area contributed by atoms with Crippen LogP contribution in [0.15, 0.2) is 38.6 Å². The van der Waals surface area contributed by atoms with Crippen LogP contribution in [-0.4, -0.2) is 54.7 Å². The highest BCUT2D eigenvalue weighted by Crippen LogP contribution is 2.31. The molecular weight excluding hydrogens is 468 g/mol. The number of aryl methyl sites for hydroxylation is 3. The first kappa shape index (κ1) is 24.7. The average Bonchev–Trinajstić information content (AvgIpc) is 3.22. The van der Waals surface area contributed by atoms with Gasteiger partial charge in [0.15, 0.2) is 5.76 Å². The van der Waals surface area contributed by atoms with Crippen molar-refractivity contribution in [2.45, 2.75) is 38.6 Å². The van der Waals surface area contributed by atoms with Gasteiger partial charge < -0.3 is 9.84 Å².